The molecule has 0 saturated carbocycles. The Labute approximate surface area is 117 Å². The quantitative estimate of drug-likeness (QED) is 0.630. The molecule has 1 unspecified atom stereocenters. The van der Waals surface area contributed by atoms with Crippen LogP contribution in [0.25, 0.3) is 0 Å². The van der Waals surface area contributed by atoms with Gasteiger partial charge in [0, 0.05) is 25.7 Å². The lowest BCUT2D eigenvalue weighted by molar-refractivity contribution is -0.126. The maximum absolute atomic E-state index is 11.7. The number of hydrogen-bond acceptors (Lipinski definition) is 3. The van der Waals surface area contributed by atoms with Crippen molar-refractivity contribution in [2.75, 3.05) is 32.8 Å². The van der Waals surface area contributed by atoms with Crippen LogP contribution < -0.4 is 10.6 Å². The van der Waals surface area contributed by atoms with Gasteiger partial charge in [0.2, 0.25) is 5.91 Å². The van der Waals surface area contributed by atoms with Gasteiger partial charge < -0.3 is 15.4 Å². The molecule has 0 bridgehead atoms. The molecule has 0 aromatic heterocycles. The van der Waals surface area contributed by atoms with Crippen molar-refractivity contribution in [2.45, 2.75) is 33.1 Å². The fourth-order valence-electron chi connectivity index (χ4n) is 1.77. The van der Waals surface area contributed by atoms with Crippen LogP contribution in [0.4, 0.5) is 0 Å². The normalized spacial score (nSPS) is 16.6. The molecule has 108 valence electrons. The Kier molecular flexibility index (Phi) is 10.4. The minimum absolute atomic E-state index is 0. The second kappa shape index (κ2) is 10.6. The average molecular weight is 279 g/mol. The molecule has 1 fully saturated rings. The molecule has 1 atom stereocenters. The molecule has 0 radical (unpaired) electrons. The monoisotopic (exact) mass is 278 g/mol. The predicted octanol–water partition coefficient (Wildman–Crippen LogP) is 1.59. The van der Waals surface area contributed by atoms with E-state index in [9.17, 15) is 4.79 Å². The van der Waals surface area contributed by atoms with Crippen molar-refractivity contribution in [3.05, 3.63) is 0 Å². The fourth-order valence-corrected chi connectivity index (χ4v) is 1.77. The van der Waals surface area contributed by atoms with Gasteiger partial charge in [-0.3, -0.25) is 4.79 Å². The molecule has 1 heterocycles. The van der Waals surface area contributed by atoms with Crippen LogP contribution in [0.2, 0.25) is 0 Å². The highest BCUT2D eigenvalue weighted by atomic mass is 35.5. The van der Waals surface area contributed by atoms with Crippen LogP contribution in [0.5, 0.6) is 0 Å². The first-order valence-electron chi connectivity index (χ1n) is 6.82. The van der Waals surface area contributed by atoms with E-state index in [0.717, 1.165) is 45.7 Å². The molecule has 1 amide bonds. The van der Waals surface area contributed by atoms with Gasteiger partial charge in [-0.05, 0) is 31.8 Å². The Morgan fingerprint density at radius 1 is 1.39 bits per heavy atom. The van der Waals surface area contributed by atoms with Crippen LogP contribution in [0.3, 0.4) is 0 Å². The third-order valence-electron chi connectivity index (χ3n) is 3.34. The smallest absolute Gasteiger partial charge is 0.223 e. The zero-order chi connectivity index (χ0) is 12.5. The molecule has 1 saturated heterocycles. The van der Waals surface area contributed by atoms with Crippen molar-refractivity contribution in [1.82, 2.24) is 10.6 Å². The minimum Gasteiger partial charge on any atom is -0.381 e. The fraction of sp³-hybridized carbons (Fsp3) is 0.923. The van der Waals surface area contributed by atoms with Crippen LogP contribution in [0, 0.1) is 11.8 Å². The Balaban J connectivity index is 0.00000289. The molecule has 18 heavy (non-hydrogen) atoms. The number of unbranched alkanes of at least 4 members (excludes halogenated alkanes) is 1. The Morgan fingerprint density at radius 3 is 2.61 bits per heavy atom. The van der Waals surface area contributed by atoms with Crippen molar-refractivity contribution in [1.29, 1.82) is 0 Å². The van der Waals surface area contributed by atoms with E-state index in [4.69, 9.17) is 4.74 Å². The third-order valence-corrected chi connectivity index (χ3v) is 3.34. The third kappa shape index (κ3) is 6.57. The summed E-state index contributed by atoms with van der Waals surface area (Å²) in [6.45, 7) is 8.45. The lowest BCUT2D eigenvalue weighted by atomic mass is 9.88. The first-order chi connectivity index (χ1) is 8.25. The maximum atomic E-state index is 11.7. The average Bonchev–Trinajstić information content (AvgIpc) is 2.25. The molecule has 1 aliphatic heterocycles. The van der Waals surface area contributed by atoms with Crippen molar-refractivity contribution in [3.8, 4) is 0 Å². The first kappa shape index (κ1) is 17.7. The molecular formula is C13H27ClN2O2. The van der Waals surface area contributed by atoms with Crippen LogP contribution in [0.1, 0.15) is 33.1 Å². The second-order valence-corrected chi connectivity index (χ2v) is 4.82. The van der Waals surface area contributed by atoms with Crippen LogP contribution >= 0.6 is 12.4 Å². The van der Waals surface area contributed by atoms with E-state index in [1.54, 1.807) is 0 Å². The molecule has 0 aliphatic carbocycles. The van der Waals surface area contributed by atoms with Gasteiger partial charge >= 0.3 is 0 Å². The summed E-state index contributed by atoms with van der Waals surface area (Å²) in [5.41, 5.74) is 0. The molecule has 1 aliphatic rings. The van der Waals surface area contributed by atoms with E-state index in [1.807, 2.05) is 6.92 Å². The van der Waals surface area contributed by atoms with Gasteiger partial charge in [0.05, 0.1) is 0 Å². The van der Waals surface area contributed by atoms with Crippen molar-refractivity contribution < 1.29 is 9.53 Å². The maximum Gasteiger partial charge on any atom is 0.223 e. The molecule has 2 N–H and O–H groups in total. The highest BCUT2D eigenvalue weighted by molar-refractivity contribution is 5.85. The molecular weight excluding hydrogens is 252 g/mol. The van der Waals surface area contributed by atoms with Crippen LogP contribution in [-0.4, -0.2) is 38.8 Å². The van der Waals surface area contributed by atoms with Gasteiger partial charge in [0.25, 0.3) is 0 Å². The molecule has 4 nitrogen and oxygen atoms in total. The van der Waals surface area contributed by atoms with Crippen molar-refractivity contribution in [2.24, 2.45) is 11.8 Å². The zero-order valence-electron chi connectivity index (χ0n) is 11.5. The largest absolute Gasteiger partial charge is 0.381 e. The Bertz CT molecular complexity index is 223. The van der Waals surface area contributed by atoms with Crippen molar-refractivity contribution in [3.63, 3.8) is 0 Å². The lowest BCUT2D eigenvalue weighted by Crippen LogP contribution is -2.49. The summed E-state index contributed by atoms with van der Waals surface area (Å²) in [4.78, 5) is 11.7. The second-order valence-electron chi connectivity index (χ2n) is 4.82. The van der Waals surface area contributed by atoms with Gasteiger partial charge in [-0.25, -0.2) is 0 Å². The molecule has 0 aromatic carbocycles. The number of rotatable bonds is 9. The molecule has 5 heteroatoms. The molecule has 1 rings (SSSR count). The number of carbonyl (C=O) groups excluding carboxylic acids is 1. The van der Waals surface area contributed by atoms with E-state index < -0.39 is 0 Å². The van der Waals surface area contributed by atoms with Gasteiger partial charge in [0.1, 0.15) is 0 Å². The summed E-state index contributed by atoms with van der Waals surface area (Å²) >= 11 is 0. The number of nitrogens with one attached hydrogen (secondary N) is 2. The number of amides is 1. The van der Waals surface area contributed by atoms with E-state index in [-0.39, 0.29) is 24.2 Å². The van der Waals surface area contributed by atoms with Gasteiger partial charge in [0.15, 0.2) is 0 Å². The number of ether oxygens (including phenoxy) is 1. The van der Waals surface area contributed by atoms with E-state index in [1.165, 1.54) is 6.42 Å². The van der Waals surface area contributed by atoms with E-state index in [2.05, 4.69) is 17.6 Å². The number of hydrogen-bond donors (Lipinski definition) is 2. The summed E-state index contributed by atoms with van der Waals surface area (Å²) in [5.74, 6) is 0.845. The van der Waals surface area contributed by atoms with Crippen LogP contribution in [0.15, 0.2) is 0 Å². The zero-order valence-corrected chi connectivity index (χ0v) is 12.4. The van der Waals surface area contributed by atoms with Crippen LogP contribution in [-0.2, 0) is 9.53 Å². The topological polar surface area (TPSA) is 50.4 Å². The summed E-state index contributed by atoms with van der Waals surface area (Å²) in [7, 11) is 0. The van der Waals surface area contributed by atoms with Crippen molar-refractivity contribution >= 4 is 18.3 Å². The highest BCUT2D eigenvalue weighted by Gasteiger charge is 2.28. The van der Waals surface area contributed by atoms with E-state index >= 15 is 0 Å². The number of halogens is 1. The predicted molar refractivity (Wildman–Crippen MR) is 76.1 cm³/mol. The SMILES string of the molecule is CCCCOCCCNC(=O)C(C)C1CNC1.Cl. The minimum atomic E-state index is 0. The summed E-state index contributed by atoms with van der Waals surface area (Å²) in [6, 6.07) is 0. The van der Waals surface area contributed by atoms with Gasteiger partial charge in [-0.2, -0.15) is 0 Å². The van der Waals surface area contributed by atoms with E-state index in [0.29, 0.717) is 5.92 Å². The summed E-state index contributed by atoms with van der Waals surface area (Å²) in [6.07, 6.45) is 3.20. The highest BCUT2D eigenvalue weighted by Crippen LogP contribution is 2.15. The van der Waals surface area contributed by atoms with Gasteiger partial charge in [-0.15, -0.1) is 12.4 Å². The molecule has 0 spiro atoms. The molecule has 0 aromatic rings. The van der Waals surface area contributed by atoms with Gasteiger partial charge in [-0.1, -0.05) is 20.3 Å². The summed E-state index contributed by atoms with van der Waals surface area (Å²) < 4.78 is 5.43. The Hall–Kier alpha value is -0.320. The lowest BCUT2D eigenvalue weighted by Gasteiger charge is -2.31. The first-order valence-corrected chi connectivity index (χ1v) is 6.82. The number of carbonyl (C=O) groups is 1. The Morgan fingerprint density at radius 2 is 2.06 bits per heavy atom. The standard InChI is InChI=1S/C13H26N2O2.ClH/c1-3-4-7-17-8-5-6-15-13(16)11(2)12-9-14-10-12;/h11-12,14H,3-10H2,1-2H3,(H,15,16);1H. The summed E-state index contributed by atoms with van der Waals surface area (Å²) in [5, 5.41) is 6.17.